The van der Waals surface area contributed by atoms with Crippen LogP contribution in [0.25, 0.3) is 0 Å². The Hall–Kier alpha value is 0.270. The Morgan fingerprint density at radius 3 is 2.87 bits per heavy atom. The second-order valence-electron chi connectivity index (χ2n) is 5.57. The second-order valence-corrected chi connectivity index (χ2v) is 6.98. The molecule has 88 valence electrons. The van der Waals surface area contributed by atoms with E-state index in [2.05, 4.69) is 30.9 Å². The summed E-state index contributed by atoms with van der Waals surface area (Å²) in [7, 11) is 0. The maximum atomic E-state index is 5.87. The van der Waals surface area contributed by atoms with Gasteiger partial charge in [0.1, 0.15) is 6.23 Å². The fraction of sp³-hybridized carbons (Fsp3) is 1.00. The average molecular weight is 229 g/mol. The molecule has 2 aliphatic heterocycles. The van der Waals surface area contributed by atoms with Crippen molar-refractivity contribution in [2.24, 2.45) is 5.41 Å². The highest BCUT2D eigenvalue weighted by atomic mass is 32.2. The Labute approximate surface area is 97.5 Å². The molecule has 0 bridgehead atoms. The van der Waals surface area contributed by atoms with E-state index < -0.39 is 0 Å². The topological polar surface area (TPSA) is 21.3 Å². The third kappa shape index (κ3) is 3.65. The summed E-state index contributed by atoms with van der Waals surface area (Å²) in [5.74, 6) is 1.35. The third-order valence-corrected chi connectivity index (χ3v) is 4.66. The quantitative estimate of drug-likeness (QED) is 0.786. The van der Waals surface area contributed by atoms with Crippen molar-refractivity contribution >= 4 is 11.8 Å². The molecule has 2 unspecified atom stereocenters. The molecule has 2 nitrogen and oxygen atoms in total. The molecular formula is C12H23NOS. The lowest BCUT2D eigenvalue weighted by molar-refractivity contribution is -0.0609. The molecule has 0 spiro atoms. The first-order valence-corrected chi connectivity index (χ1v) is 7.17. The molecule has 0 aromatic heterocycles. The SMILES string of the molecule is CC1(C)CNC(CC2CCCCS2)OC1. The highest BCUT2D eigenvalue weighted by Gasteiger charge is 2.28. The van der Waals surface area contributed by atoms with E-state index in [1.807, 2.05) is 0 Å². The van der Waals surface area contributed by atoms with Gasteiger partial charge in [-0.3, -0.25) is 5.32 Å². The van der Waals surface area contributed by atoms with Crippen molar-refractivity contribution < 1.29 is 4.74 Å². The number of rotatable bonds is 2. The van der Waals surface area contributed by atoms with Crippen LogP contribution in [0.15, 0.2) is 0 Å². The molecule has 3 heteroatoms. The van der Waals surface area contributed by atoms with E-state index in [0.29, 0.717) is 11.6 Å². The maximum Gasteiger partial charge on any atom is 0.109 e. The zero-order valence-electron chi connectivity index (χ0n) is 9.92. The average Bonchev–Trinajstić information content (AvgIpc) is 2.23. The number of hydrogen-bond donors (Lipinski definition) is 1. The minimum absolute atomic E-state index is 0.314. The Bertz CT molecular complexity index is 192. The fourth-order valence-corrected chi connectivity index (χ4v) is 3.56. The summed E-state index contributed by atoms with van der Waals surface area (Å²) < 4.78 is 5.87. The van der Waals surface area contributed by atoms with Gasteiger partial charge >= 0.3 is 0 Å². The van der Waals surface area contributed by atoms with Crippen LogP contribution in [0.2, 0.25) is 0 Å². The van der Waals surface area contributed by atoms with Crippen molar-refractivity contribution in [1.29, 1.82) is 0 Å². The van der Waals surface area contributed by atoms with Crippen molar-refractivity contribution in [2.45, 2.75) is 51.0 Å². The zero-order valence-corrected chi connectivity index (χ0v) is 10.7. The van der Waals surface area contributed by atoms with Crippen LogP contribution < -0.4 is 5.32 Å². The predicted molar refractivity (Wildman–Crippen MR) is 66.2 cm³/mol. The predicted octanol–water partition coefficient (Wildman–Crippen LogP) is 2.63. The standard InChI is InChI=1S/C12H23NOS/c1-12(2)8-13-11(14-9-12)7-10-5-3-4-6-15-10/h10-11,13H,3-9H2,1-2H3. The molecule has 0 amide bonds. The maximum absolute atomic E-state index is 5.87. The molecule has 1 N–H and O–H groups in total. The summed E-state index contributed by atoms with van der Waals surface area (Å²) in [6.45, 7) is 6.51. The van der Waals surface area contributed by atoms with Gasteiger partial charge in [0, 0.05) is 17.2 Å². The van der Waals surface area contributed by atoms with Crippen LogP contribution in [-0.4, -0.2) is 30.4 Å². The van der Waals surface area contributed by atoms with Crippen LogP contribution in [0.1, 0.15) is 39.5 Å². The van der Waals surface area contributed by atoms with E-state index in [4.69, 9.17) is 4.74 Å². The normalized spacial score (nSPS) is 36.4. The van der Waals surface area contributed by atoms with Gasteiger partial charge in [-0.15, -0.1) is 0 Å². The van der Waals surface area contributed by atoms with E-state index in [9.17, 15) is 0 Å². The van der Waals surface area contributed by atoms with Gasteiger partial charge in [0.05, 0.1) is 6.61 Å². The lowest BCUT2D eigenvalue weighted by atomic mass is 9.93. The summed E-state index contributed by atoms with van der Waals surface area (Å²) in [5, 5.41) is 4.35. The largest absolute Gasteiger partial charge is 0.363 e. The summed E-state index contributed by atoms with van der Waals surface area (Å²) in [4.78, 5) is 0. The lowest BCUT2D eigenvalue weighted by Gasteiger charge is -2.37. The molecule has 2 heterocycles. The van der Waals surface area contributed by atoms with Gasteiger partial charge in [0.25, 0.3) is 0 Å². The minimum atomic E-state index is 0.314. The molecule has 2 fully saturated rings. The second kappa shape index (κ2) is 5.07. The smallest absolute Gasteiger partial charge is 0.109 e. The van der Waals surface area contributed by atoms with E-state index in [-0.39, 0.29) is 0 Å². The monoisotopic (exact) mass is 229 g/mol. The molecule has 0 aromatic rings. The van der Waals surface area contributed by atoms with Gasteiger partial charge in [-0.1, -0.05) is 20.3 Å². The van der Waals surface area contributed by atoms with Crippen LogP contribution in [0.5, 0.6) is 0 Å². The van der Waals surface area contributed by atoms with Gasteiger partial charge < -0.3 is 4.74 Å². The first kappa shape index (κ1) is 11.7. The van der Waals surface area contributed by atoms with Crippen molar-refractivity contribution in [3.05, 3.63) is 0 Å². The molecule has 2 rings (SSSR count). The van der Waals surface area contributed by atoms with Crippen LogP contribution in [0.4, 0.5) is 0 Å². The van der Waals surface area contributed by atoms with Crippen LogP contribution >= 0.6 is 11.8 Å². The molecule has 0 aliphatic carbocycles. The molecule has 0 saturated carbocycles. The Kier molecular flexibility index (Phi) is 3.97. The minimum Gasteiger partial charge on any atom is -0.363 e. The van der Waals surface area contributed by atoms with Crippen LogP contribution in [0.3, 0.4) is 0 Å². The summed E-state index contributed by atoms with van der Waals surface area (Å²) in [6, 6.07) is 0. The van der Waals surface area contributed by atoms with Gasteiger partial charge in [-0.25, -0.2) is 0 Å². The third-order valence-electron chi connectivity index (χ3n) is 3.23. The zero-order chi connectivity index (χ0) is 10.7. The van der Waals surface area contributed by atoms with Crippen LogP contribution in [-0.2, 0) is 4.74 Å². The van der Waals surface area contributed by atoms with Gasteiger partial charge in [-0.2, -0.15) is 11.8 Å². The number of nitrogens with one attached hydrogen (secondary N) is 1. The van der Waals surface area contributed by atoms with Crippen LogP contribution in [0, 0.1) is 5.41 Å². The summed E-state index contributed by atoms with van der Waals surface area (Å²) >= 11 is 2.14. The van der Waals surface area contributed by atoms with Crippen molar-refractivity contribution in [3.8, 4) is 0 Å². The van der Waals surface area contributed by atoms with E-state index in [0.717, 1.165) is 18.4 Å². The van der Waals surface area contributed by atoms with Gasteiger partial charge in [0.2, 0.25) is 0 Å². The van der Waals surface area contributed by atoms with Crippen molar-refractivity contribution in [1.82, 2.24) is 5.32 Å². The Morgan fingerprint density at radius 1 is 1.40 bits per heavy atom. The lowest BCUT2D eigenvalue weighted by Crippen LogP contribution is -2.48. The van der Waals surface area contributed by atoms with Crippen molar-refractivity contribution in [3.63, 3.8) is 0 Å². The van der Waals surface area contributed by atoms with E-state index in [1.54, 1.807) is 0 Å². The molecule has 2 aliphatic rings. The molecule has 2 atom stereocenters. The number of thioether (sulfide) groups is 1. The molecule has 15 heavy (non-hydrogen) atoms. The van der Waals surface area contributed by atoms with E-state index in [1.165, 1.54) is 31.4 Å². The first-order chi connectivity index (χ1) is 7.16. The molecule has 0 aromatic carbocycles. The number of hydrogen-bond acceptors (Lipinski definition) is 3. The molecule has 0 radical (unpaired) electrons. The highest BCUT2D eigenvalue weighted by Crippen LogP contribution is 2.30. The summed E-state index contributed by atoms with van der Waals surface area (Å²) in [5.41, 5.74) is 0.316. The molecular weight excluding hydrogens is 206 g/mol. The molecule has 2 saturated heterocycles. The number of ether oxygens (including phenoxy) is 1. The van der Waals surface area contributed by atoms with Gasteiger partial charge in [-0.05, 0) is 25.0 Å². The Morgan fingerprint density at radius 2 is 2.27 bits per heavy atom. The summed E-state index contributed by atoms with van der Waals surface area (Å²) in [6.07, 6.45) is 5.72. The van der Waals surface area contributed by atoms with Crippen molar-refractivity contribution in [2.75, 3.05) is 18.9 Å². The highest BCUT2D eigenvalue weighted by molar-refractivity contribution is 7.99. The van der Waals surface area contributed by atoms with E-state index >= 15 is 0 Å². The van der Waals surface area contributed by atoms with Gasteiger partial charge in [0.15, 0.2) is 0 Å². The Balaban J connectivity index is 1.71. The fourth-order valence-electron chi connectivity index (χ4n) is 2.21. The first-order valence-electron chi connectivity index (χ1n) is 6.12.